The van der Waals surface area contributed by atoms with E-state index in [1.807, 2.05) is 146 Å². The van der Waals surface area contributed by atoms with Crippen molar-refractivity contribution >= 4 is 17.9 Å². The summed E-state index contributed by atoms with van der Waals surface area (Å²) in [6, 6.07) is 53.6. The van der Waals surface area contributed by atoms with E-state index in [0.717, 1.165) is 44.5 Å². The van der Waals surface area contributed by atoms with E-state index in [4.69, 9.17) is 9.47 Å². The molecular weight excluding hydrogens is 699 g/mol. The minimum absolute atomic E-state index is 0.0645. The van der Waals surface area contributed by atoms with Crippen LogP contribution in [0.1, 0.15) is 52.6 Å². The lowest BCUT2D eigenvalue weighted by molar-refractivity contribution is -0.130. The number of hydrogen-bond donors (Lipinski definition) is 3. The van der Waals surface area contributed by atoms with Crippen LogP contribution in [0.2, 0.25) is 0 Å². The number of benzene rings is 6. The Kier molecular flexibility index (Phi) is 12.0. The zero-order chi connectivity index (χ0) is 38.7. The zero-order valence-electron chi connectivity index (χ0n) is 31.3. The molecule has 2 unspecified atom stereocenters. The summed E-state index contributed by atoms with van der Waals surface area (Å²) in [6.07, 6.45) is -0.656. The summed E-state index contributed by atoms with van der Waals surface area (Å²) in [6.45, 7) is 2.08. The number of carbonyl (C=O) groups excluding carboxylic acids is 3. The Morgan fingerprint density at radius 1 is 0.589 bits per heavy atom. The van der Waals surface area contributed by atoms with Crippen molar-refractivity contribution in [3.63, 3.8) is 0 Å². The zero-order valence-corrected chi connectivity index (χ0v) is 31.3. The second-order valence-electron chi connectivity index (χ2n) is 13.9. The van der Waals surface area contributed by atoms with Gasteiger partial charge in [0.1, 0.15) is 24.3 Å². The van der Waals surface area contributed by atoms with E-state index < -0.39 is 29.7 Å². The predicted molar refractivity (Wildman–Crippen MR) is 218 cm³/mol. The van der Waals surface area contributed by atoms with Crippen LogP contribution >= 0.6 is 0 Å². The van der Waals surface area contributed by atoms with Gasteiger partial charge in [-0.05, 0) is 51.4 Å². The SMILES string of the molecule is CC(NC(=O)C(CCOC(c1ccccc1)(c1ccccc1)c1ccccc1)NC(=O)OCC1c2ccccc2-c2ccccc21)C(=O)NCc1ccccc1. The maximum Gasteiger partial charge on any atom is 0.407 e. The summed E-state index contributed by atoms with van der Waals surface area (Å²) in [5.74, 6) is -1.04. The Morgan fingerprint density at radius 2 is 1.05 bits per heavy atom. The minimum Gasteiger partial charge on any atom is -0.449 e. The third-order valence-corrected chi connectivity index (χ3v) is 10.3. The van der Waals surface area contributed by atoms with Gasteiger partial charge in [-0.3, -0.25) is 9.59 Å². The molecule has 1 aliphatic rings. The number of amides is 3. The molecule has 8 heteroatoms. The molecular formula is C48H45N3O5. The van der Waals surface area contributed by atoms with Crippen molar-refractivity contribution in [2.45, 2.75) is 43.5 Å². The van der Waals surface area contributed by atoms with Gasteiger partial charge in [-0.2, -0.15) is 0 Å². The van der Waals surface area contributed by atoms with Gasteiger partial charge >= 0.3 is 6.09 Å². The highest BCUT2D eigenvalue weighted by atomic mass is 16.5. The van der Waals surface area contributed by atoms with E-state index >= 15 is 0 Å². The largest absolute Gasteiger partial charge is 0.449 e. The maximum atomic E-state index is 14.0. The second-order valence-corrected chi connectivity index (χ2v) is 13.9. The monoisotopic (exact) mass is 743 g/mol. The fourth-order valence-electron chi connectivity index (χ4n) is 7.47. The Morgan fingerprint density at radius 3 is 1.57 bits per heavy atom. The first-order valence-electron chi connectivity index (χ1n) is 19.0. The molecule has 2 atom stereocenters. The first-order chi connectivity index (χ1) is 27.4. The number of hydrogen-bond acceptors (Lipinski definition) is 5. The number of nitrogens with one attached hydrogen (secondary N) is 3. The second kappa shape index (κ2) is 17.8. The molecule has 6 aromatic rings. The Labute approximate surface area is 327 Å². The van der Waals surface area contributed by atoms with E-state index in [1.54, 1.807) is 6.92 Å². The molecule has 3 N–H and O–H groups in total. The van der Waals surface area contributed by atoms with Gasteiger partial charge in [0.15, 0.2) is 0 Å². The average Bonchev–Trinajstić information content (AvgIpc) is 3.57. The number of alkyl carbamates (subject to hydrolysis) is 1. The standard InChI is InChI=1S/C48H45N3O5/c1-34(45(52)49-32-35-18-6-2-7-19-35)50-46(53)44(51-47(54)55-33-43-41-28-16-14-26-39(41)40-27-15-17-29-42(40)43)30-31-56-48(36-20-8-3-9-21-36,37-22-10-4-11-23-37)38-24-12-5-13-25-38/h2-29,34,43-44H,30-33H2,1H3,(H,49,52)(H,50,53)(H,51,54). The summed E-state index contributed by atoms with van der Waals surface area (Å²) < 4.78 is 12.8. The normalized spacial score (nSPS) is 13.1. The van der Waals surface area contributed by atoms with Crippen LogP contribution in [0.4, 0.5) is 4.79 Å². The lowest BCUT2D eigenvalue weighted by Gasteiger charge is -2.36. The summed E-state index contributed by atoms with van der Waals surface area (Å²) in [5.41, 5.74) is 7.03. The van der Waals surface area contributed by atoms with Gasteiger partial charge in [-0.1, -0.05) is 170 Å². The summed E-state index contributed by atoms with van der Waals surface area (Å²) in [4.78, 5) is 40.7. The van der Waals surface area contributed by atoms with Crippen molar-refractivity contribution < 1.29 is 23.9 Å². The highest BCUT2D eigenvalue weighted by Crippen LogP contribution is 2.44. The number of ether oxygens (including phenoxy) is 2. The fourth-order valence-corrected chi connectivity index (χ4v) is 7.47. The molecule has 0 aromatic heterocycles. The molecule has 8 nitrogen and oxygen atoms in total. The quantitative estimate of drug-likeness (QED) is 0.0923. The van der Waals surface area contributed by atoms with Crippen LogP contribution < -0.4 is 16.0 Å². The van der Waals surface area contributed by atoms with Crippen LogP contribution in [0.3, 0.4) is 0 Å². The van der Waals surface area contributed by atoms with Gasteiger partial charge in [-0.15, -0.1) is 0 Å². The summed E-state index contributed by atoms with van der Waals surface area (Å²) in [5, 5.41) is 8.50. The van der Waals surface area contributed by atoms with Crippen molar-refractivity contribution in [1.29, 1.82) is 0 Å². The molecule has 0 saturated heterocycles. The first kappa shape index (κ1) is 37.8. The Balaban J connectivity index is 1.10. The van der Waals surface area contributed by atoms with Gasteiger partial charge in [-0.25, -0.2) is 4.79 Å². The van der Waals surface area contributed by atoms with E-state index in [2.05, 4.69) is 40.2 Å². The molecule has 0 bridgehead atoms. The van der Waals surface area contributed by atoms with Gasteiger partial charge in [0.05, 0.1) is 6.61 Å². The number of rotatable bonds is 15. The molecule has 56 heavy (non-hydrogen) atoms. The lowest BCUT2D eigenvalue weighted by atomic mass is 9.80. The Bertz CT molecular complexity index is 2090. The molecule has 0 heterocycles. The molecule has 0 spiro atoms. The molecule has 0 fully saturated rings. The van der Waals surface area contributed by atoms with E-state index in [9.17, 15) is 14.4 Å². The smallest absolute Gasteiger partial charge is 0.407 e. The predicted octanol–water partition coefficient (Wildman–Crippen LogP) is 8.11. The molecule has 282 valence electrons. The molecule has 6 aromatic carbocycles. The molecule has 0 aliphatic heterocycles. The van der Waals surface area contributed by atoms with Crippen molar-refractivity contribution in [2.75, 3.05) is 13.2 Å². The maximum absolute atomic E-state index is 14.0. The molecule has 3 amide bonds. The highest BCUT2D eigenvalue weighted by molar-refractivity contribution is 5.91. The molecule has 7 rings (SSSR count). The van der Waals surface area contributed by atoms with Gasteiger partial charge < -0.3 is 25.4 Å². The molecule has 1 aliphatic carbocycles. The van der Waals surface area contributed by atoms with Crippen molar-refractivity contribution in [1.82, 2.24) is 16.0 Å². The van der Waals surface area contributed by atoms with Crippen LogP contribution in [-0.2, 0) is 31.2 Å². The molecule has 0 saturated carbocycles. The topological polar surface area (TPSA) is 106 Å². The van der Waals surface area contributed by atoms with Crippen molar-refractivity contribution in [3.8, 4) is 11.1 Å². The van der Waals surface area contributed by atoms with Gasteiger partial charge in [0.2, 0.25) is 11.8 Å². The van der Waals surface area contributed by atoms with E-state index in [1.165, 1.54) is 0 Å². The van der Waals surface area contributed by atoms with Gasteiger partial charge in [0, 0.05) is 18.9 Å². The van der Waals surface area contributed by atoms with Crippen LogP contribution in [0, 0.1) is 0 Å². The van der Waals surface area contributed by atoms with E-state index in [0.29, 0.717) is 6.54 Å². The number of carbonyl (C=O) groups is 3. The summed E-state index contributed by atoms with van der Waals surface area (Å²) >= 11 is 0. The van der Waals surface area contributed by atoms with Crippen molar-refractivity contribution in [3.05, 3.63) is 203 Å². The molecule has 0 radical (unpaired) electrons. The van der Waals surface area contributed by atoms with Crippen molar-refractivity contribution in [2.24, 2.45) is 0 Å². The lowest BCUT2D eigenvalue weighted by Crippen LogP contribution is -2.53. The average molecular weight is 744 g/mol. The Hall–Kier alpha value is -6.51. The number of fused-ring (bicyclic) bond motifs is 3. The minimum atomic E-state index is -1.09. The summed E-state index contributed by atoms with van der Waals surface area (Å²) in [7, 11) is 0. The highest BCUT2D eigenvalue weighted by Gasteiger charge is 2.38. The fraction of sp³-hybridized carbons (Fsp3) is 0.188. The van der Waals surface area contributed by atoms with Crippen LogP contribution in [-0.4, -0.2) is 43.2 Å². The van der Waals surface area contributed by atoms with Crippen LogP contribution in [0.25, 0.3) is 11.1 Å². The third-order valence-electron chi connectivity index (χ3n) is 10.3. The van der Waals surface area contributed by atoms with Crippen LogP contribution in [0.5, 0.6) is 0 Å². The third kappa shape index (κ3) is 8.41. The van der Waals surface area contributed by atoms with Gasteiger partial charge in [0.25, 0.3) is 0 Å². The first-order valence-corrected chi connectivity index (χ1v) is 19.0. The van der Waals surface area contributed by atoms with E-state index in [-0.39, 0.29) is 31.5 Å². The van der Waals surface area contributed by atoms with Crippen LogP contribution in [0.15, 0.2) is 170 Å².